The second-order valence-corrected chi connectivity index (χ2v) is 5.16. The lowest BCUT2D eigenvalue weighted by Crippen LogP contribution is -2.23. The van der Waals surface area contributed by atoms with E-state index < -0.39 is 0 Å². The number of hydrogen-bond donors (Lipinski definition) is 2. The summed E-state index contributed by atoms with van der Waals surface area (Å²) < 4.78 is 1.64. The number of carbonyl (C=O) groups excluding carboxylic acids is 1. The molecule has 0 aliphatic carbocycles. The van der Waals surface area contributed by atoms with Crippen LogP contribution in [0.5, 0.6) is 0 Å². The third-order valence-corrected chi connectivity index (χ3v) is 3.77. The Kier molecular flexibility index (Phi) is 3.50. The fraction of sp³-hybridized carbons (Fsp3) is 0.188. The molecule has 0 atom stereocenters. The van der Waals surface area contributed by atoms with E-state index in [1.165, 1.54) is 6.33 Å². The number of hydrogen-bond acceptors (Lipinski definition) is 3. The summed E-state index contributed by atoms with van der Waals surface area (Å²) in [6.07, 6.45) is 1.51. The maximum Gasteiger partial charge on any atom is 0.288 e. The number of rotatable bonds is 3. The molecule has 0 saturated heterocycles. The molecule has 6 nitrogen and oxygen atoms in total. The van der Waals surface area contributed by atoms with Gasteiger partial charge in [-0.05, 0) is 25.0 Å². The first-order chi connectivity index (χ1) is 10.6. The minimum Gasteiger partial charge on any atom is -0.348 e. The monoisotopic (exact) mass is 296 g/mol. The van der Waals surface area contributed by atoms with Crippen molar-refractivity contribution >= 4 is 11.4 Å². The molecular weight excluding hydrogens is 280 g/mol. The molecule has 0 fully saturated rings. The number of amides is 1. The summed E-state index contributed by atoms with van der Waals surface area (Å²) in [5.74, 6) is -0.193. The molecule has 0 spiro atoms. The number of aryl methyl sites for hydroxylation is 2. The van der Waals surface area contributed by atoms with Crippen LogP contribution in [0.1, 0.15) is 27.2 Å². The Labute approximate surface area is 126 Å². The van der Waals surface area contributed by atoms with Crippen molar-refractivity contribution in [2.45, 2.75) is 20.4 Å². The first kappa shape index (κ1) is 14.1. The molecule has 6 heteroatoms. The lowest BCUT2D eigenvalue weighted by Gasteiger charge is -2.06. The Morgan fingerprint density at radius 2 is 2.00 bits per heavy atom. The first-order valence-electron chi connectivity index (χ1n) is 6.96. The summed E-state index contributed by atoms with van der Waals surface area (Å²) in [4.78, 5) is 24.4. The highest BCUT2D eigenvalue weighted by Gasteiger charge is 2.20. The SMILES string of the molecule is Cc1c(C(=O)NCc2ccccc2)c(C)n2cn[nH]c(=O)c12. The highest BCUT2D eigenvalue weighted by molar-refractivity contribution is 5.99. The molecule has 0 bridgehead atoms. The van der Waals surface area contributed by atoms with Crippen LogP contribution < -0.4 is 10.9 Å². The molecule has 2 heterocycles. The molecule has 0 unspecified atom stereocenters. The van der Waals surface area contributed by atoms with Crippen LogP contribution in [-0.4, -0.2) is 20.5 Å². The van der Waals surface area contributed by atoms with Crippen LogP contribution in [0.15, 0.2) is 41.5 Å². The average Bonchev–Trinajstić information content (AvgIpc) is 2.79. The number of carbonyl (C=O) groups is 1. The van der Waals surface area contributed by atoms with E-state index in [-0.39, 0.29) is 11.5 Å². The summed E-state index contributed by atoms with van der Waals surface area (Å²) >= 11 is 0. The van der Waals surface area contributed by atoms with Gasteiger partial charge in [-0.2, -0.15) is 5.10 Å². The molecule has 3 rings (SSSR count). The van der Waals surface area contributed by atoms with Crippen LogP contribution in [0.3, 0.4) is 0 Å². The molecule has 3 aromatic rings. The zero-order valence-corrected chi connectivity index (χ0v) is 12.4. The fourth-order valence-corrected chi connectivity index (χ4v) is 2.68. The second kappa shape index (κ2) is 5.48. The molecule has 112 valence electrons. The zero-order valence-electron chi connectivity index (χ0n) is 12.4. The fourth-order valence-electron chi connectivity index (χ4n) is 2.68. The maximum absolute atomic E-state index is 12.5. The predicted molar refractivity (Wildman–Crippen MR) is 82.9 cm³/mol. The van der Waals surface area contributed by atoms with Gasteiger partial charge in [0.25, 0.3) is 11.5 Å². The number of nitrogens with one attached hydrogen (secondary N) is 2. The quantitative estimate of drug-likeness (QED) is 0.770. The van der Waals surface area contributed by atoms with Gasteiger partial charge in [-0.3, -0.25) is 14.0 Å². The third kappa shape index (κ3) is 2.28. The van der Waals surface area contributed by atoms with Crippen LogP contribution in [0.2, 0.25) is 0 Å². The standard InChI is InChI=1S/C16H16N4O2/c1-10-13(11(2)20-9-18-19-16(22)14(10)20)15(21)17-8-12-6-4-3-5-7-12/h3-7,9H,8H2,1-2H3,(H,17,21)(H,19,22). The smallest absolute Gasteiger partial charge is 0.288 e. The minimum atomic E-state index is -0.301. The summed E-state index contributed by atoms with van der Waals surface area (Å²) in [6.45, 7) is 4.02. The Morgan fingerprint density at radius 3 is 2.68 bits per heavy atom. The lowest BCUT2D eigenvalue weighted by molar-refractivity contribution is 0.0950. The molecule has 0 radical (unpaired) electrons. The molecule has 1 amide bonds. The Bertz CT molecular complexity index is 894. The van der Waals surface area contributed by atoms with Gasteiger partial charge in [0.2, 0.25) is 0 Å². The van der Waals surface area contributed by atoms with E-state index in [1.54, 1.807) is 18.2 Å². The normalized spacial score (nSPS) is 10.8. The third-order valence-electron chi connectivity index (χ3n) is 3.77. The van der Waals surface area contributed by atoms with Crippen molar-refractivity contribution in [2.75, 3.05) is 0 Å². The highest BCUT2D eigenvalue weighted by atomic mass is 16.1. The Balaban J connectivity index is 1.95. The molecule has 2 aromatic heterocycles. The van der Waals surface area contributed by atoms with Crippen LogP contribution in [0.4, 0.5) is 0 Å². The van der Waals surface area contributed by atoms with Gasteiger partial charge in [-0.15, -0.1) is 0 Å². The van der Waals surface area contributed by atoms with E-state index >= 15 is 0 Å². The number of aromatic amines is 1. The number of nitrogens with zero attached hydrogens (tertiary/aromatic N) is 2. The largest absolute Gasteiger partial charge is 0.348 e. The minimum absolute atomic E-state index is 0.193. The van der Waals surface area contributed by atoms with Crippen molar-refractivity contribution in [3.63, 3.8) is 0 Å². The van der Waals surface area contributed by atoms with Crippen molar-refractivity contribution in [3.05, 3.63) is 69.4 Å². The van der Waals surface area contributed by atoms with Crippen molar-refractivity contribution < 1.29 is 4.79 Å². The van der Waals surface area contributed by atoms with Crippen molar-refractivity contribution in [1.29, 1.82) is 0 Å². The van der Waals surface area contributed by atoms with Gasteiger partial charge in [0.15, 0.2) is 0 Å². The van der Waals surface area contributed by atoms with E-state index in [1.807, 2.05) is 30.3 Å². The number of benzene rings is 1. The van der Waals surface area contributed by atoms with Crippen molar-refractivity contribution in [3.8, 4) is 0 Å². The topological polar surface area (TPSA) is 79.3 Å². The van der Waals surface area contributed by atoms with E-state index in [0.717, 1.165) is 5.56 Å². The molecule has 1 aromatic carbocycles. The Morgan fingerprint density at radius 1 is 1.27 bits per heavy atom. The molecule has 0 aliphatic heterocycles. The van der Waals surface area contributed by atoms with Crippen LogP contribution in [0, 0.1) is 13.8 Å². The van der Waals surface area contributed by atoms with Gasteiger partial charge in [0, 0.05) is 12.2 Å². The summed E-state index contributed by atoms with van der Waals surface area (Å²) in [5.41, 5.74) is 3.06. The second-order valence-electron chi connectivity index (χ2n) is 5.16. The van der Waals surface area contributed by atoms with Gasteiger partial charge < -0.3 is 5.32 Å². The van der Waals surface area contributed by atoms with Crippen LogP contribution in [-0.2, 0) is 6.54 Å². The van der Waals surface area contributed by atoms with E-state index in [0.29, 0.717) is 28.9 Å². The summed E-state index contributed by atoms with van der Waals surface area (Å²) in [6, 6.07) is 9.68. The van der Waals surface area contributed by atoms with Crippen molar-refractivity contribution in [1.82, 2.24) is 19.9 Å². The lowest BCUT2D eigenvalue weighted by atomic mass is 10.1. The van der Waals surface area contributed by atoms with Crippen molar-refractivity contribution in [2.24, 2.45) is 0 Å². The summed E-state index contributed by atoms with van der Waals surface area (Å²) in [5, 5.41) is 9.06. The van der Waals surface area contributed by atoms with Crippen LogP contribution in [0.25, 0.3) is 5.52 Å². The molecule has 2 N–H and O–H groups in total. The number of fused-ring (bicyclic) bond motifs is 1. The summed E-state index contributed by atoms with van der Waals surface area (Å²) in [7, 11) is 0. The Hall–Kier alpha value is -2.89. The predicted octanol–water partition coefficient (Wildman–Crippen LogP) is 1.57. The molecule has 0 aliphatic rings. The van der Waals surface area contributed by atoms with Gasteiger partial charge >= 0.3 is 0 Å². The van der Waals surface area contributed by atoms with E-state index in [9.17, 15) is 9.59 Å². The molecule has 22 heavy (non-hydrogen) atoms. The van der Waals surface area contributed by atoms with E-state index in [4.69, 9.17) is 0 Å². The van der Waals surface area contributed by atoms with E-state index in [2.05, 4.69) is 15.5 Å². The number of aromatic nitrogens is 3. The van der Waals surface area contributed by atoms with Gasteiger partial charge in [0.1, 0.15) is 11.8 Å². The van der Waals surface area contributed by atoms with Crippen LogP contribution >= 0.6 is 0 Å². The first-order valence-corrected chi connectivity index (χ1v) is 6.96. The maximum atomic E-state index is 12.5. The average molecular weight is 296 g/mol. The van der Waals surface area contributed by atoms with Gasteiger partial charge in [-0.25, -0.2) is 5.10 Å². The van der Waals surface area contributed by atoms with Gasteiger partial charge in [-0.1, -0.05) is 30.3 Å². The number of H-pyrrole nitrogens is 1. The molecule has 0 saturated carbocycles. The molecular formula is C16H16N4O2. The van der Waals surface area contributed by atoms with Gasteiger partial charge in [0.05, 0.1) is 5.56 Å². The zero-order chi connectivity index (χ0) is 15.7. The highest BCUT2D eigenvalue weighted by Crippen LogP contribution is 2.19.